The number of imide groups is 1. The van der Waals surface area contributed by atoms with E-state index < -0.39 is 17.9 Å². The fourth-order valence-corrected chi connectivity index (χ4v) is 4.09. The maximum absolute atomic E-state index is 12.7. The Morgan fingerprint density at radius 2 is 1.72 bits per heavy atom. The smallest absolute Gasteiger partial charge is 0.404 e. The molecule has 2 heterocycles. The van der Waals surface area contributed by atoms with Crippen LogP contribution in [0.3, 0.4) is 0 Å². The number of halogens is 1. The van der Waals surface area contributed by atoms with Crippen molar-refractivity contribution in [2.75, 3.05) is 13.1 Å². The van der Waals surface area contributed by atoms with Crippen LogP contribution in [0.2, 0.25) is 5.02 Å². The van der Waals surface area contributed by atoms with Crippen LogP contribution in [0.25, 0.3) is 22.0 Å². The van der Waals surface area contributed by atoms with Gasteiger partial charge in [-0.1, -0.05) is 29.8 Å². The fourth-order valence-electron chi connectivity index (χ4n) is 3.86. The average molecular weight is 455 g/mol. The first-order valence-electron chi connectivity index (χ1n) is 9.81. The van der Waals surface area contributed by atoms with Gasteiger partial charge in [0.25, 0.3) is 17.7 Å². The molecule has 0 aliphatic carbocycles. The Balaban J connectivity index is 1.76. The van der Waals surface area contributed by atoms with Crippen LogP contribution in [0.5, 0.6) is 0 Å². The summed E-state index contributed by atoms with van der Waals surface area (Å²) in [7, 11) is 1.70. The molecule has 0 bridgehead atoms. The molecule has 1 aliphatic rings. The number of amides is 4. The van der Waals surface area contributed by atoms with Crippen LogP contribution in [0, 0.1) is 0 Å². The number of rotatable bonds is 6. The van der Waals surface area contributed by atoms with Gasteiger partial charge in [0.1, 0.15) is 5.69 Å². The second kappa shape index (κ2) is 8.35. The topological polar surface area (TPSA) is 130 Å². The summed E-state index contributed by atoms with van der Waals surface area (Å²) in [4.78, 5) is 48.4. The lowest BCUT2D eigenvalue weighted by molar-refractivity contribution is 0.0878. The third-order valence-corrected chi connectivity index (χ3v) is 5.67. The Bertz CT molecular complexity index is 1300. The van der Waals surface area contributed by atoms with E-state index in [0.717, 1.165) is 0 Å². The lowest BCUT2D eigenvalue weighted by Gasteiger charge is -2.11. The summed E-state index contributed by atoms with van der Waals surface area (Å²) in [5, 5.41) is 16.8. The van der Waals surface area contributed by atoms with Crippen LogP contribution in [-0.4, -0.2) is 46.6 Å². The van der Waals surface area contributed by atoms with E-state index in [4.69, 9.17) is 16.7 Å². The maximum Gasteiger partial charge on any atom is 0.404 e. The number of hydrogen-bond donors (Lipinski definition) is 4. The van der Waals surface area contributed by atoms with Gasteiger partial charge < -0.3 is 20.3 Å². The molecule has 32 heavy (non-hydrogen) atoms. The summed E-state index contributed by atoms with van der Waals surface area (Å²) in [6.07, 6.45) is -0.702. The zero-order chi connectivity index (χ0) is 23.0. The van der Waals surface area contributed by atoms with E-state index in [0.29, 0.717) is 39.2 Å². The van der Waals surface area contributed by atoms with Gasteiger partial charge >= 0.3 is 6.09 Å². The highest BCUT2D eigenvalue weighted by molar-refractivity contribution is 6.35. The largest absolute Gasteiger partial charge is 0.465 e. The number of aryl methyl sites for hydroxylation is 1. The number of aromatic nitrogens is 1. The highest BCUT2D eigenvalue weighted by Gasteiger charge is 2.34. The van der Waals surface area contributed by atoms with Crippen molar-refractivity contribution in [2.45, 2.75) is 6.42 Å². The molecule has 10 heteroatoms. The van der Waals surface area contributed by atoms with Gasteiger partial charge in [-0.05, 0) is 30.2 Å². The standard InChI is InChI=1S/C22H19ClN4O5/c1-27-15-9-12(11-5-2-3-6-14(11)23)17-18(21(30)26-20(17)29)13(15)10-16(27)19(28)24-7-4-8-25-22(31)32/h2-3,5-6,9-10,25H,4,7-8H2,1H3,(H,24,28)(H,31,32)(H,26,29,30). The van der Waals surface area contributed by atoms with Gasteiger partial charge in [-0.3, -0.25) is 19.7 Å². The highest BCUT2D eigenvalue weighted by atomic mass is 35.5. The third-order valence-electron chi connectivity index (χ3n) is 5.34. The molecule has 0 fully saturated rings. The minimum atomic E-state index is -1.12. The van der Waals surface area contributed by atoms with Gasteiger partial charge in [-0.25, -0.2) is 4.79 Å². The number of benzene rings is 2. The molecule has 0 atom stereocenters. The molecule has 0 unspecified atom stereocenters. The zero-order valence-corrected chi connectivity index (χ0v) is 17.7. The van der Waals surface area contributed by atoms with Gasteiger partial charge in [0, 0.05) is 41.6 Å². The summed E-state index contributed by atoms with van der Waals surface area (Å²) >= 11 is 6.36. The predicted molar refractivity (Wildman–Crippen MR) is 118 cm³/mol. The molecule has 0 saturated heterocycles. The van der Waals surface area contributed by atoms with Crippen molar-refractivity contribution < 1.29 is 24.3 Å². The van der Waals surface area contributed by atoms with Crippen LogP contribution in [0.4, 0.5) is 4.79 Å². The first kappa shape index (κ1) is 21.4. The predicted octanol–water partition coefficient (Wildman–Crippen LogP) is 2.77. The second-order valence-electron chi connectivity index (χ2n) is 7.30. The van der Waals surface area contributed by atoms with Crippen molar-refractivity contribution in [1.82, 2.24) is 20.5 Å². The summed E-state index contributed by atoms with van der Waals surface area (Å²) in [6.45, 7) is 0.476. The average Bonchev–Trinajstić information content (AvgIpc) is 3.23. The van der Waals surface area contributed by atoms with Gasteiger partial charge in [-0.15, -0.1) is 0 Å². The number of nitrogens with one attached hydrogen (secondary N) is 3. The molecular formula is C22H19ClN4O5. The van der Waals surface area contributed by atoms with Crippen molar-refractivity contribution in [3.05, 3.63) is 58.2 Å². The summed E-state index contributed by atoms with van der Waals surface area (Å²) < 4.78 is 1.65. The van der Waals surface area contributed by atoms with Gasteiger partial charge in [0.2, 0.25) is 0 Å². The summed E-state index contributed by atoms with van der Waals surface area (Å²) in [5.41, 5.74) is 2.46. The second-order valence-corrected chi connectivity index (χ2v) is 7.71. The van der Waals surface area contributed by atoms with Crippen molar-refractivity contribution in [2.24, 2.45) is 7.05 Å². The van der Waals surface area contributed by atoms with E-state index >= 15 is 0 Å². The lowest BCUT2D eigenvalue weighted by Crippen LogP contribution is -2.30. The van der Waals surface area contributed by atoms with Crippen LogP contribution in [0.1, 0.15) is 37.6 Å². The van der Waals surface area contributed by atoms with Gasteiger partial charge in [0.05, 0.1) is 11.1 Å². The van der Waals surface area contributed by atoms with E-state index in [1.54, 1.807) is 48.0 Å². The van der Waals surface area contributed by atoms with Gasteiger partial charge in [0.15, 0.2) is 0 Å². The Morgan fingerprint density at radius 1 is 1.03 bits per heavy atom. The minimum absolute atomic E-state index is 0.210. The molecule has 4 N–H and O–H groups in total. The SMILES string of the molecule is Cn1c(C(=O)NCCCNC(=O)O)cc2c3c(c(-c4ccccc4Cl)cc21)C(=O)NC3=O. The van der Waals surface area contributed by atoms with E-state index in [1.807, 2.05) is 0 Å². The Morgan fingerprint density at radius 3 is 2.44 bits per heavy atom. The monoisotopic (exact) mass is 454 g/mol. The van der Waals surface area contributed by atoms with Crippen LogP contribution >= 0.6 is 11.6 Å². The molecule has 9 nitrogen and oxygen atoms in total. The Labute approximate surface area is 187 Å². The first-order valence-corrected chi connectivity index (χ1v) is 10.2. The molecule has 0 spiro atoms. The quantitative estimate of drug-likeness (QED) is 0.336. The Kier molecular flexibility index (Phi) is 5.58. The molecule has 3 aromatic rings. The highest BCUT2D eigenvalue weighted by Crippen LogP contribution is 2.39. The van der Waals surface area contributed by atoms with Gasteiger partial charge in [-0.2, -0.15) is 0 Å². The molecule has 164 valence electrons. The number of fused-ring (bicyclic) bond motifs is 3. The van der Waals surface area contributed by atoms with Crippen molar-refractivity contribution in [3.63, 3.8) is 0 Å². The third kappa shape index (κ3) is 3.67. The molecule has 4 amide bonds. The zero-order valence-electron chi connectivity index (χ0n) is 17.0. The van der Waals surface area contributed by atoms with Crippen LogP contribution < -0.4 is 16.0 Å². The van der Waals surface area contributed by atoms with Crippen LogP contribution in [0.15, 0.2) is 36.4 Å². The normalized spacial score (nSPS) is 12.6. The molecule has 0 radical (unpaired) electrons. The number of carbonyl (C=O) groups is 4. The van der Waals surface area contributed by atoms with E-state index in [1.165, 1.54) is 0 Å². The number of carboxylic acid groups (broad SMARTS) is 1. The van der Waals surface area contributed by atoms with E-state index in [-0.39, 0.29) is 30.1 Å². The van der Waals surface area contributed by atoms with Crippen molar-refractivity contribution in [1.29, 1.82) is 0 Å². The van der Waals surface area contributed by atoms with Crippen LogP contribution in [-0.2, 0) is 7.05 Å². The summed E-state index contributed by atoms with van der Waals surface area (Å²) in [6, 6.07) is 10.4. The minimum Gasteiger partial charge on any atom is -0.465 e. The fraction of sp³-hybridized carbons (Fsp3) is 0.182. The molecule has 1 aliphatic heterocycles. The van der Waals surface area contributed by atoms with Crippen molar-refractivity contribution >= 4 is 46.3 Å². The van der Waals surface area contributed by atoms with Crippen molar-refractivity contribution in [3.8, 4) is 11.1 Å². The number of carbonyl (C=O) groups excluding carboxylic acids is 3. The molecular weight excluding hydrogens is 436 g/mol. The first-order chi connectivity index (χ1) is 15.3. The lowest BCUT2D eigenvalue weighted by atomic mass is 9.94. The number of nitrogens with zero attached hydrogens (tertiary/aromatic N) is 1. The molecule has 1 aromatic heterocycles. The van der Waals surface area contributed by atoms with E-state index in [9.17, 15) is 19.2 Å². The molecule has 0 saturated carbocycles. The molecule has 2 aromatic carbocycles. The maximum atomic E-state index is 12.7. The molecule has 4 rings (SSSR count). The summed E-state index contributed by atoms with van der Waals surface area (Å²) in [5.74, 6) is -1.42. The Hall–Kier alpha value is -3.85. The number of hydrogen-bond acceptors (Lipinski definition) is 4. The van der Waals surface area contributed by atoms with E-state index in [2.05, 4.69) is 16.0 Å².